The molecule has 4 rings (SSSR count). The molecule has 0 aliphatic rings. The van der Waals surface area contributed by atoms with Gasteiger partial charge in [-0.05, 0) is 28.5 Å². The Labute approximate surface area is 168 Å². The number of para-hydroxylation sites is 1. The normalized spacial score (nSPS) is 11.0. The minimum atomic E-state index is -0.413. The van der Waals surface area contributed by atoms with Crippen molar-refractivity contribution in [3.8, 4) is 0 Å². The van der Waals surface area contributed by atoms with Crippen molar-refractivity contribution in [3.05, 3.63) is 96.2 Å². The van der Waals surface area contributed by atoms with Crippen molar-refractivity contribution >= 4 is 39.6 Å². The zero-order valence-electron chi connectivity index (χ0n) is 15.6. The molecule has 0 unspecified atom stereocenters. The Morgan fingerprint density at radius 3 is 2.52 bits per heavy atom. The summed E-state index contributed by atoms with van der Waals surface area (Å²) in [6, 6.07) is 23.3. The summed E-state index contributed by atoms with van der Waals surface area (Å²) in [6.07, 6.45) is 4.95. The fourth-order valence-corrected chi connectivity index (χ4v) is 3.26. The van der Waals surface area contributed by atoms with Crippen LogP contribution >= 0.6 is 0 Å². The lowest BCUT2D eigenvalue weighted by Gasteiger charge is -2.08. The van der Waals surface area contributed by atoms with E-state index in [9.17, 15) is 9.59 Å². The number of carbonyl (C=O) groups excluding carboxylic acids is 2. The van der Waals surface area contributed by atoms with E-state index < -0.39 is 5.91 Å². The standard InChI is InChI=1S/C24H19N3O2/c28-22(14-13-19-9-4-8-18-11-5-15-25-24(18)19)26-27-23(29)16-20-10-3-7-17-6-1-2-12-21(17)20/h1-15H,16H2,(H,26,28)(H,27,29)/b14-13+. The predicted molar refractivity (Wildman–Crippen MR) is 115 cm³/mol. The molecule has 0 saturated carbocycles. The topological polar surface area (TPSA) is 71.1 Å². The van der Waals surface area contributed by atoms with Crippen LogP contribution in [0.1, 0.15) is 11.1 Å². The highest BCUT2D eigenvalue weighted by atomic mass is 16.2. The minimum absolute atomic E-state index is 0.179. The van der Waals surface area contributed by atoms with Gasteiger partial charge in [0.05, 0.1) is 11.9 Å². The third kappa shape index (κ3) is 4.30. The fourth-order valence-electron chi connectivity index (χ4n) is 3.26. The van der Waals surface area contributed by atoms with Crippen LogP contribution in [-0.4, -0.2) is 16.8 Å². The molecular weight excluding hydrogens is 362 g/mol. The van der Waals surface area contributed by atoms with E-state index in [0.29, 0.717) is 0 Å². The van der Waals surface area contributed by atoms with Crippen LogP contribution in [0.25, 0.3) is 27.8 Å². The zero-order valence-corrected chi connectivity index (χ0v) is 15.6. The summed E-state index contributed by atoms with van der Waals surface area (Å²) in [6.45, 7) is 0. The average molecular weight is 381 g/mol. The second-order valence-corrected chi connectivity index (χ2v) is 6.61. The third-order valence-corrected chi connectivity index (χ3v) is 4.63. The number of carbonyl (C=O) groups is 2. The molecule has 0 fully saturated rings. The first-order valence-electron chi connectivity index (χ1n) is 9.28. The number of hydrogen-bond acceptors (Lipinski definition) is 3. The maximum absolute atomic E-state index is 12.2. The molecule has 4 aromatic rings. The summed E-state index contributed by atoms with van der Waals surface area (Å²) >= 11 is 0. The zero-order chi connectivity index (χ0) is 20.1. The van der Waals surface area contributed by atoms with Crippen molar-refractivity contribution in [2.45, 2.75) is 6.42 Å². The molecule has 0 spiro atoms. The largest absolute Gasteiger partial charge is 0.273 e. The second-order valence-electron chi connectivity index (χ2n) is 6.61. The van der Waals surface area contributed by atoms with Crippen molar-refractivity contribution < 1.29 is 9.59 Å². The molecule has 29 heavy (non-hydrogen) atoms. The smallest absolute Gasteiger partial charge is 0.262 e. The first-order valence-corrected chi connectivity index (χ1v) is 9.28. The molecule has 0 aliphatic carbocycles. The Bertz CT molecular complexity index is 1220. The number of nitrogens with zero attached hydrogens (tertiary/aromatic N) is 1. The van der Waals surface area contributed by atoms with E-state index in [-0.39, 0.29) is 12.3 Å². The fraction of sp³-hybridized carbons (Fsp3) is 0.0417. The van der Waals surface area contributed by atoms with Crippen LogP contribution in [0.15, 0.2) is 85.1 Å². The number of hydrazine groups is 1. The highest BCUT2D eigenvalue weighted by molar-refractivity contribution is 5.96. The summed E-state index contributed by atoms with van der Waals surface area (Å²) in [5, 5.41) is 3.10. The van der Waals surface area contributed by atoms with Gasteiger partial charge in [-0.15, -0.1) is 0 Å². The molecule has 5 nitrogen and oxygen atoms in total. The second kappa shape index (κ2) is 8.35. The van der Waals surface area contributed by atoms with Crippen LogP contribution in [0.4, 0.5) is 0 Å². The molecule has 1 aromatic heterocycles. The Morgan fingerprint density at radius 1 is 0.828 bits per heavy atom. The highest BCUT2D eigenvalue weighted by Crippen LogP contribution is 2.19. The first kappa shape index (κ1) is 18.4. The van der Waals surface area contributed by atoms with Crippen LogP contribution < -0.4 is 10.9 Å². The molecule has 2 amide bonds. The van der Waals surface area contributed by atoms with E-state index in [1.54, 1.807) is 12.3 Å². The Hall–Kier alpha value is -3.99. The van der Waals surface area contributed by atoms with Crippen LogP contribution in [0.2, 0.25) is 0 Å². The number of fused-ring (bicyclic) bond motifs is 2. The highest BCUT2D eigenvalue weighted by Gasteiger charge is 2.07. The number of amides is 2. The van der Waals surface area contributed by atoms with E-state index in [1.165, 1.54) is 6.08 Å². The van der Waals surface area contributed by atoms with Crippen molar-refractivity contribution in [3.63, 3.8) is 0 Å². The lowest BCUT2D eigenvalue weighted by Crippen LogP contribution is -2.41. The molecule has 2 N–H and O–H groups in total. The van der Waals surface area contributed by atoms with Crippen molar-refractivity contribution in [1.29, 1.82) is 0 Å². The number of pyridine rings is 1. The van der Waals surface area contributed by atoms with Crippen molar-refractivity contribution in [1.82, 2.24) is 15.8 Å². The first-order chi connectivity index (χ1) is 14.2. The Balaban J connectivity index is 1.38. The number of aromatic nitrogens is 1. The molecule has 0 bridgehead atoms. The summed E-state index contributed by atoms with van der Waals surface area (Å²) in [7, 11) is 0. The quantitative estimate of drug-likeness (QED) is 0.417. The van der Waals surface area contributed by atoms with Crippen LogP contribution in [0, 0.1) is 0 Å². The third-order valence-electron chi connectivity index (χ3n) is 4.63. The maximum Gasteiger partial charge on any atom is 0.262 e. The summed E-state index contributed by atoms with van der Waals surface area (Å²) in [5.41, 5.74) is 7.45. The van der Waals surface area contributed by atoms with Crippen LogP contribution in [0.5, 0.6) is 0 Å². The van der Waals surface area contributed by atoms with Gasteiger partial charge in [-0.2, -0.15) is 0 Å². The average Bonchev–Trinajstić information content (AvgIpc) is 2.76. The molecule has 3 aromatic carbocycles. The van der Waals surface area contributed by atoms with Gasteiger partial charge in [-0.1, -0.05) is 66.7 Å². The number of rotatable bonds is 4. The number of nitrogens with one attached hydrogen (secondary N) is 2. The molecular formula is C24H19N3O2. The SMILES string of the molecule is O=C(/C=C/c1cccc2cccnc12)NNC(=O)Cc1cccc2ccccc12. The summed E-state index contributed by atoms with van der Waals surface area (Å²) in [4.78, 5) is 28.7. The summed E-state index contributed by atoms with van der Waals surface area (Å²) < 4.78 is 0. The van der Waals surface area contributed by atoms with E-state index in [2.05, 4.69) is 15.8 Å². The van der Waals surface area contributed by atoms with E-state index in [0.717, 1.165) is 32.8 Å². The molecule has 0 atom stereocenters. The predicted octanol–water partition coefficient (Wildman–Crippen LogP) is 3.79. The molecule has 0 aliphatic heterocycles. The van der Waals surface area contributed by atoms with Gasteiger partial charge in [0, 0.05) is 23.2 Å². The Kier molecular flexibility index (Phi) is 5.29. The van der Waals surface area contributed by atoms with Crippen molar-refractivity contribution in [2.75, 3.05) is 0 Å². The monoisotopic (exact) mass is 381 g/mol. The molecule has 0 saturated heterocycles. The van der Waals surface area contributed by atoms with Gasteiger partial charge >= 0.3 is 0 Å². The molecule has 0 radical (unpaired) electrons. The Morgan fingerprint density at radius 2 is 1.59 bits per heavy atom. The lowest BCUT2D eigenvalue weighted by molar-refractivity contribution is -0.126. The molecule has 5 heteroatoms. The van der Waals surface area contributed by atoms with Crippen LogP contribution in [-0.2, 0) is 16.0 Å². The summed E-state index contributed by atoms with van der Waals surface area (Å²) in [5.74, 6) is -0.695. The molecule has 142 valence electrons. The van der Waals surface area contributed by atoms with Gasteiger partial charge in [0.25, 0.3) is 5.91 Å². The van der Waals surface area contributed by atoms with Crippen LogP contribution in [0.3, 0.4) is 0 Å². The van der Waals surface area contributed by atoms with Gasteiger partial charge in [-0.3, -0.25) is 25.4 Å². The van der Waals surface area contributed by atoms with Gasteiger partial charge in [0.2, 0.25) is 5.91 Å². The number of hydrogen-bond donors (Lipinski definition) is 2. The minimum Gasteiger partial charge on any atom is -0.273 e. The van der Waals surface area contributed by atoms with Crippen molar-refractivity contribution in [2.24, 2.45) is 0 Å². The van der Waals surface area contributed by atoms with Gasteiger partial charge in [-0.25, -0.2) is 0 Å². The van der Waals surface area contributed by atoms with Gasteiger partial charge in [0.1, 0.15) is 0 Å². The van der Waals surface area contributed by atoms with Gasteiger partial charge in [0.15, 0.2) is 0 Å². The maximum atomic E-state index is 12.2. The molecule has 1 heterocycles. The van der Waals surface area contributed by atoms with E-state index in [1.807, 2.05) is 72.8 Å². The lowest BCUT2D eigenvalue weighted by atomic mass is 10.0. The number of benzene rings is 3. The van der Waals surface area contributed by atoms with Gasteiger partial charge < -0.3 is 0 Å². The van der Waals surface area contributed by atoms with E-state index >= 15 is 0 Å². The van der Waals surface area contributed by atoms with E-state index in [4.69, 9.17) is 0 Å².